The van der Waals surface area contributed by atoms with Crippen molar-refractivity contribution in [3.8, 4) is 5.75 Å². The Morgan fingerprint density at radius 1 is 1.31 bits per heavy atom. The molecule has 1 saturated heterocycles. The number of guanidine groups is 1. The molecule has 0 aliphatic carbocycles. The smallest absolute Gasteiger partial charge is 0.193 e. The number of likely N-dealkylation sites (tertiary alicyclic amines) is 1. The Bertz CT molecular complexity index is 693. The lowest BCUT2D eigenvalue weighted by Gasteiger charge is -2.34. The van der Waals surface area contributed by atoms with Crippen LogP contribution in [0.15, 0.2) is 40.7 Å². The molecule has 0 unspecified atom stereocenters. The Balaban J connectivity index is 1.50. The highest BCUT2D eigenvalue weighted by molar-refractivity contribution is 7.09. The van der Waals surface area contributed by atoms with Gasteiger partial charge in [0.25, 0.3) is 0 Å². The van der Waals surface area contributed by atoms with Crippen molar-refractivity contribution in [2.24, 2.45) is 4.99 Å². The molecule has 1 aliphatic rings. The summed E-state index contributed by atoms with van der Waals surface area (Å²) >= 11 is 1.70. The topological polar surface area (TPSA) is 49.8 Å². The van der Waals surface area contributed by atoms with E-state index in [2.05, 4.69) is 27.5 Å². The van der Waals surface area contributed by atoms with Crippen molar-refractivity contribution in [3.63, 3.8) is 0 Å². The molecule has 1 aliphatic heterocycles. The van der Waals surface area contributed by atoms with E-state index in [-0.39, 0.29) is 6.10 Å². The van der Waals surface area contributed by atoms with Crippen LogP contribution >= 0.6 is 11.3 Å². The second-order valence-electron chi connectivity index (χ2n) is 6.46. The summed E-state index contributed by atoms with van der Waals surface area (Å²) in [5.41, 5.74) is 1.14. The predicted octanol–water partition coefficient (Wildman–Crippen LogP) is 3.50. The normalized spacial score (nSPS) is 15.9. The van der Waals surface area contributed by atoms with E-state index >= 15 is 0 Å². The van der Waals surface area contributed by atoms with E-state index in [1.54, 1.807) is 11.3 Å². The van der Waals surface area contributed by atoms with E-state index in [0.717, 1.165) is 67.9 Å². The van der Waals surface area contributed by atoms with E-state index in [0.29, 0.717) is 0 Å². The lowest BCUT2D eigenvalue weighted by Crippen LogP contribution is -2.47. The second kappa shape index (κ2) is 9.57. The van der Waals surface area contributed by atoms with Crippen molar-refractivity contribution in [2.75, 3.05) is 26.2 Å². The first-order valence-corrected chi connectivity index (χ1v) is 10.3. The van der Waals surface area contributed by atoms with E-state index in [1.807, 2.05) is 37.3 Å². The first kappa shape index (κ1) is 18.7. The SMILES string of the molecule is CCNC(=NCCc1csc(C)n1)N1CCC(Oc2ccccc2)CC1. The number of aliphatic imine (C=N–C) groups is 1. The largest absolute Gasteiger partial charge is 0.490 e. The van der Waals surface area contributed by atoms with Crippen LogP contribution in [-0.4, -0.2) is 48.1 Å². The number of piperidine rings is 1. The molecule has 1 aromatic heterocycles. The maximum Gasteiger partial charge on any atom is 0.193 e. The third kappa shape index (κ3) is 5.46. The summed E-state index contributed by atoms with van der Waals surface area (Å²) in [7, 11) is 0. The first-order chi connectivity index (χ1) is 12.7. The molecule has 0 bridgehead atoms. The maximum atomic E-state index is 6.09. The van der Waals surface area contributed by atoms with Crippen LogP contribution in [0.25, 0.3) is 0 Å². The molecular formula is C20H28N4OS. The summed E-state index contributed by atoms with van der Waals surface area (Å²) in [6, 6.07) is 10.1. The molecule has 0 atom stereocenters. The fraction of sp³-hybridized carbons (Fsp3) is 0.500. The Hall–Kier alpha value is -2.08. The first-order valence-electron chi connectivity index (χ1n) is 9.40. The molecule has 0 spiro atoms. The highest BCUT2D eigenvalue weighted by atomic mass is 32.1. The molecular weight excluding hydrogens is 344 g/mol. The molecule has 0 amide bonds. The summed E-state index contributed by atoms with van der Waals surface area (Å²) in [5.74, 6) is 1.97. The molecule has 2 heterocycles. The fourth-order valence-corrected chi connectivity index (χ4v) is 3.75. The standard InChI is InChI=1S/C20H28N4OS/c1-3-21-20(22-12-9-17-15-26-16(2)23-17)24-13-10-19(11-14-24)25-18-7-5-4-6-8-18/h4-8,15,19H,3,9-14H2,1-2H3,(H,21,22). The van der Waals surface area contributed by atoms with Crippen LogP contribution in [0.3, 0.4) is 0 Å². The minimum Gasteiger partial charge on any atom is -0.490 e. The highest BCUT2D eigenvalue weighted by Crippen LogP contribution is 2.18. The van der Waals surface area contributed by atoms with Crippen LogP contribution in [0, 0.1) is 6.92 Å². The number of hydrogen-bond donors (Lipinski definition) is 1. The van der Waals surface area contributed by atoms with Gasteiger partial charge in [0.05, 0.1) is 10.7 Å². The zero-order valence-corrected chi connectivity index (χ0v) is 16.5. The van der Waals surface area contributed by atoms with Gasteiger partial charge in [0.2, 0.25) is 0 Å². The van der Waals surface area contributed by atoms with Crippen LogP contribution in [0.4, 0.5) is 0 Å². The Kier molecular flexibility index (Phi) is 6.89. The number of aryl methyl sites for hydroxylation is 1. The minimum atomic E-state index is 0.287. The predicted molar refractivity (Wildman–Crippen MR) is 108 cm³/mol. The number of hydrogen-bond acceptors (Lipinski definition) is 4. The number of benzene rings is 1. The van der Waals surface area contributed by atoms with Crippen molar-refractivity contribution < 1.29 is 4.74 Å². The monoisotopic (exact) mass is 372 g/mol. The summed E-state index contributed by atoms with van der Waals surface area (Å²) in [6.45, 7) is 7.76. The number of ether oxygens (including phenoxy) is 1. The Morgan fingerprint density at radius 3 is 2.73 bits per heavy atom. The average molecular weight is 373 g/mol. The van der Waals surface area contributed by atoms with Gasteiger partial charge < -0.3 is 15.0 Å². The van der Waals surface area contributed by atoms with Gasteiger partial charge in [0.1, 0.15) is 11.9 Å². The molecule has 0 radical (unpaired) electrons. The van der Waals surface area contributed by atoms with Crippen LogP contribution in [-0.2, 0) is 6.42 Å². The fourth-order valence-electron chi connectivity index (χ4n) is 3.10. The molecule has 0 saturated carbocycles. The summed E-state index contributed by atoms with van der Waals surface area (Å²) in [6.07, 6.45) is 3.22. The third-order valence-corrected chi connectivity index (χ3v) is 5.24. The molecule has 1 aromatic carbocycles. The van der Waals surface area contributed by atoms with Crippen molar-refractivity contribution in [1.29, 1.82) is 0 Å². The van der Waals surface area contributed by atoms with Gasteiger partial charge in [-0.25, -0.2) is 4.98 Å². The van der Waals surface area contributed by atoms with Gasteiger partial charge in [-0.3, -0.25) is 4.99 Å². The molecule has 1 fully saturated rings. The van der Waals surface area contributed by atoms with Gasteiger partial charge in [-0.2, -0.15) is 0 Å². The van der Waals surface area contributed by atoms with Gasteiger partial charge in [0.15, 0.2) is 5.96 Å². The van der Waals surface area contributed by atoms with E-state index in [1.165, 1.54) is 0 Å². The van der Waals surface area contributed by atoms with E-state index < -0.39 is 0 Å². The molecule has 6 heteroatoms. The Morgan fingerprint density at radius 2 is 2.08 bits per heavy atom. The molecule has 1 N–H and O–H groups in total. The number of nitrogens with one attached hydrogen (secondary N) is 1. The molecule has 5 nitrogen and oxygen atoms in total. The number of para-hydroxylation sites is 1. The highest BCUT2D eigenvalue weighted by Gasteiger charge is 2.22. The number of rotatable bonds is 6. The average Bonchev–Trinajstić information content (AvgIpc) is 3.08. The summed E-state index contributed by atoms with van der Waals surface area (Å²) in [5, 5.41) is 6.68. The van der Waals surface area contributed by atoms with Gasteiger partial charge in [-0.05, 0) is 26.0 Å². The number of nitrogens with zero attached hydrogens (tertiary/aromatic N) is 3. The second-order valence-corrected chi connectivity index (χ2v) is 7.52. The zero-order valence-electron chi connectivity index (χ0n) is 15.6. The van der Waals surface area contributed by atoms with Gasteiger partial charge in [-0.15, -0.1) is 11.3 Å². The molecule has 3 rings (SSSR count). The van der Waals surface area contributed by atoms with Crippen molar-refractivity contribution in [1.82, 2.24) is 15.2 Å². The molecule has 140 valence electrons. The van der Waals surface area contributed by atoms with Crippen LogP contribution in [0.2, 0.25) is 0 Å². The van der Waals surface area contributed by atoms with Crippen molar-refractivity contribution >= 4 is 17.3 Å². The Labute approximate surface area is 160 Å². The lowest BCUT2D eigenvalue weighted by molar-refractivity contribution is 0.129. The van der Waals surface area contributed by atoms with Crippen molar-refractivity contribution in [2.45, 2.75) is 39.2 Å². The van der Waals surface area contributed by atoms with Crippen LogP contribution in [0.5, 0.6) is 5.75 Å². The lowest BCUT2D eigenvalue weighted by atomic mass is 10.1. The summed E-state index contributed by atoms with van der Waals surface area (Å²) in [4.78, 5) is 11.7. The minimum absolute atomic E-state index is 0.287. The van der Waals surface area contributed by atoms with Crippen LogP contribution < -0.4 is 10.1 Å². The summed E-state index contributed by atoms with van der Waals surface area (Å²) < 4.78 is 6.09. The van der Waals surface area contributed by atoms with Crippen molar-refractivity contribution in [3.05, 3.63) is 46.4 Å². The molecule has 26 heavy (non-hydrogen) atoms. The third-order valence-electron chi connectivity index (χ3n) is 4.42. The van der Waals surface area contributed by atoms with Gasteiger partial charge in [0, 0.05) is 50.8 Å². The van der Waals surface area contributed by atoms with Crippen LogP contribution in [0.1, 0.15) is 30.5 Å². The number of aromatic nitrogens is 1. The zero-order chi connectivity index (χ0) is 18.2. The van der Waals surface area contributed by atoms with E-state index in [4.69, 9.17) is 9.73 Å². The maximum absolute atomic E-state index is 6.09. The number of thiazole rings is 1. The van der Waals surface area contributed by atoms with Gasteiger partial charge in [-0.1, -0.05) is 18.2 Å². The quantitative estimate of drug-likeness (QED) is 0.623. The van der Waals surface area contributed by atoms with E-state index in [9.17, 15) is 0 Å². The molecule has 2 aromatic rings. The van der Waals surface area contributed by atoms with Gasteiger partial charge >= 0.3 is 0 Å².